The number of hydrogen-bond acceptors (Lipinski definition) is 2. The van der Waals surface area contributed by atoms with Gasteiger partial charge in [0, 0.05) is 23.0 Å². The Labute approximate surface area is 105 Å². The number of hydrogen-bond donors (Lipinski definition) is 2. The van der Waals surface area contributed by atoms with Crippen LogP contribution in [0.3, 0.4) is 0 Å². The summed E-state index contributed by atoms with van der Waals surface area (Å²) < 4.78 is 0. The molecule has 2 N–H and O–H groups in total. The topological polar surface area (TPSA) is 40.7 Å². The Morgan fingerprint density at radius 3 is 3.00 bits per heavy atom. The van der Waals surface area contributed by atoms with Crippen LogP contribution in [0.4, 0.5) is 0 Å². The first-order valence-corrected chi connectivity index (χ1v) is 6.58. The molecule has 17 heavy (non-hydrogen) atoms. The van der Waals surface area contributed by atoms with Gasteiger partial charge < -0.3 is 10.3 Å². The van der Waals surface area contributed by atoms with Crippen LogP contribution in [-0.4, -0.2) is 22.1 Å². The molecule has 2 fully saturated rings. The summed E-state index contributed by atoms with van der Waals surface area (Å²) in [5, 5.41) is 4.41. The van der Waals surface area contributed by atoms with Crippen molar-refractivity contribution in [3.8, 4) is 0 Å². The van der Waals surface area contributed by atoms with E-state index in [1.54, 1.807) is 0 Å². The minimum absolute atomic E-state index is 0.555. The number of nitrogens with zero attached hydrogens (tertiary/aromatic N) is 1. The van der Waals surface area contributed by atoms with Crippen molar-refractivity contribution in [2.45, 2.75) is 37.3 Å². The van der Waals surface area contributed by atoms with Gasteiger partial charge in [0.2, 0.25) is 0 Å². The van der Waals surface area contributed by atoms with Crippen LogP contribution in [-0.2, 0) is 0 Å². The zero-order chi connectivity index (χ0) is 11.4. The van der Waals surface area contributed by atoms with E-state index in [0.29, 0.717) is 18.0 Å². The molecule has 0 aliphatic carbocycles. The summed E-state index contributed by atoms with van der Waals surface area (Å²) in [7, 11) is 0. The van der Waals surface area contributed by atoms with E-state index < -0.39 is 0 Å². The molecule has 88 valence electrons. The second kappa shape index (κ2) is 3.47. The number of rotatable bonds is 1. The lowest BCUT2D eigenvalue weighted by molar-refractivity contribution is 0.491. The molecule has 2 aliphatic heterocycles. The SMILES string of the molecule is Clc1ccc2nc(C3CC4CCC3N4)[nH]c2c1. The van der Waals surface area contributed by atoms with Crippen molar-refractivity contribution in [2.75, 3.05) is 0 Å². The number of benzene rings is 1. The highest BCUT2D eigenvalue weighted by Gasteiger charge is 2.41. The molecule has 1 aromatic carbocycles. The zero-order valence-corrected chi connectivity index (χ0v) is 10.2. The molecule has 0 spiro atoms. The largest absolute Gasteiger partial charge is 0.342 e. The van der Waals surface area contributed by atoms with Crippen molar-refractivity contribution in [1.29, 1.82) is 0 Å². The van der Waals surface area contributed by atoms with Crippen LogP contribution in [0.25, 0.3) is 11.0 Å². The average molecular weight is 248 g/mol. The third kappa shape index (κ3) is 1.49. The highest BCUT2D eigenvalue weighted by Crippen LogP contribution is 2.39. The summed E-state index contributed by atoms with van der Waals surface area (Å²) in [5.74, 6) is 1.68. The lowest BCUT2D eigenvalue weighted by atomic mass is 9.89. The van der Waals surface area contributed by atoms with E-state index in [9.17, 15) is 0 Å². The maximum absolute atomic E-state index is 5.99. The monoisotopic (exact) mass is 247 g/mol. The number of nitrogens with one attached hydrogen (secondary N) is 2. The maximum atomic E-state index is 5.99. The predicted octanol–water partition coefficient (Wildman–Crippen LogP) is 2.82. The number of aromatic nitrogens is 2. The quantitative estimate of drug-likeness (QED) is 0.814. The van der Waals surface area contributed by atoms with Crippen molar-refractivity contribution in [3.63, 3.8) is 0 Å². The normalized spacial score (nSPS) is 31.5. The van der Waals surface area contributed by atoms with Gasteiger partial charge in [0.05, 0.1) is 11.0 Å². The van der Waals surface area contributed by atoms with Gasteiger partial charge in [-0.15, -0.1) is 0 Å². The van der Waals surface area contributed by atoms with Gasteiger partial charge in [-0.2, -0.15) is 0 Å². The Kier molecular flexibility index (Phi) is 2.02. The summed E-state index contributed by atoms with van der Waals surface area (Å²) in [6.07, 6.45) is 3.83. The number of fused-ring (bicyclic) bond motifs is 3. The standard InChI is InChI=1S/C13H14ClN3/c14-7-1-3-11-12(5-7)17-13(16-11)9-6-8-2-4-10(9)15-8/h1,3,5,8-10,15H,2,4,6H2,(H,16,17). The molecule has 1 aromatic heterocycles. The van der Waals surface area contributed by atoms with E-state index in [0.717, 1.165) is 21.9 Å². The van der Waals surface area contributed by atoms with Crippen LogP contribution in [0.1, 0.15) is 31.0 Å². The second-order valence-corrected chi connectivity index (χ2v) is 5.61. The molecular weight excluding hydrogens is 234 g/mol. The smallest absolute Gasteiger partial charge is 0.111 e. The van der Waals surface area contributed by atoms with Crippen LogP contribution in [0, 0.1) is 0 Å². The first-order chi connectivity index (χ1) is 8.29. The molecule has 3 nitrogen and oxygen atoms in total. The molecule has 0 radical (unpaired) electrons. The third-order valence-electron chi connectivity index (χ3n) is 4.11. The first kappa shape index (κ1) is 9.92. The Morgan fingerprint density at radius 1 is 1.29 bits per heavy atom. The van der Waals surface area contributed by atoms with E-state index in [1.807, 2.05) is 18.2 Å². The summed E-state index contributed by atoms with van der Waals surface area (Å²) in [6, 6.07) is 7.16. The first-order valence-electron chi connectivity index (χ1n) is 6.21. The average Bonchev–Trinajstić information content (AvgIpc) is 3.01. The zero-order valence-electron chi connectivity index (χ0n) is 9.41. The van der Waals surface area contributed by atoms with Gasteiger partial charge in [-0.1, -0.05) is 11.6 Å². The molecule has 2 saturated heterocycles. The Balaban J connectivity index is 1.76. The minimum Gasteiger partial charge on any atom is -0.342 e. The molecule has 3 atom stereocenters. The predicted molar refractivity (Wildman–Crippen MR) is 68.4 cm³/mol. The highest BCUT2D eigenvalue weighted by molar-refractivity contribution is 6.31. The van der Waals surface area contributed by atoms with Crippen LogP contribution in [0.15, 0.2) is 18.2 Å². The van der Waals surface area contributed by atoms with Crippen molar-refractivity contribution in [3.05, 3.63) is 29.0 Å². The number of H-pyrrole nitrogens is 1. The molecule has 0 amide bonds. The van der Waals surface area contributed by atoms with Gasteiger partial charge >= 0.3 is 0 Å². The van der Waals surface area contributed by atoms with Crippen LogP contribution in [0.5, 0.6) is 0 Å². The summed E-state index contributed by atoms with van der Waals surface area (Å²) in [4.78, 5) is 8.13. The number of imidazole rings is 1. The molecule has 2 bridgehead atoms. The Bertz CT molecular complexity index is 577. The Morgan fingerprint density at radius 2 is 2.24 bits per heavy atom. The minimum atomic E-state index is 0.555. The summed E-state index contributed by atoms with van der Waals surface area (Å²) in [6.45, 7) is 0. The van der Waals surface area contributed by atoms with E-state index in [2.05, 4.69) is 10.3 Å². The van der Waals surface area contributed by atoms with E-state index in [4.69, 9.17) is 16.6 Å². The molecule has 2 aliphatic rings. The van der Waals surface area contributed by atoms with Crippen LogP contribution in [0.2, 0.25) is 5.02 Å². The molecule has 3 heterocycles. The van der Waals surface area contributed by atoms with Gasteiger partial charge in [0.25, 0.3) is 0 Å². The lowest BCUT2D eigenvalue weighted by Crippen LogP contribution is -2.22. The van der Waals surface area contributed by atoms with Gasteiger partial charge in [0.15, 0.2) is 0 Å². The fourth-order valence-corrected chi connectivity index (χ4v) is 3.48. The second-order valence-electron chi connectivity index (χ2n) is 5.17. The molecule has 2 aromatic rings. The van der Waals surface area contributed by atoms with Crippen LogP contribution < -0.4 is 5.32 Å². The fourth-order valence-electron chi connectivity index (χ4n) is 3.30. The number of halogens is 1. The van der Waals surface area contributed by atoms with E-state index in [1.165, 1.54) is 19.3 Å². The number of aromatic amines is 1. The Hall–Kier alpha value is -1.06. The van der Waals surface area contributed by atoms with Crippen molar-refractivity contribution < 1.29 is 0 Å². The fraction of sp³-hybridized carbons (Fsp3) is 0.462. The summed E-state index contributed by atoms with van der Waals surface area (Å²) >= 11 is 5.99. The maximum Gasteiger partial charge on any atom is 0.111 e. The van der Waals surface area contributed by atoms with Gasteiger partial charge in [-0.05, 0) is 37.5 Å². The van der Waals surface area contributed by atoms with Gasteiger partial charge in [-0.25, -0.2) is 4.98 Å². The lowest BCUT2D eigenvalue weighted by Gasteiger charge is -2.17. The molecule has 4 heteroatoms. The summed E-state index contributed by atoms with van der Waals surface area (Å²) in [5.41, 5.74) is 2.07. The van der Waals surface area contributed by atoms with E-state index in [-0.39, 0.29) is 0 Å². The van der Waals surface area contributed by atoms with Crippen molar-refractivity contribution in [2.24, 2.45) is 0 Å². The van der Waals surface area contributed by atoms with Crippen LogP contribution >= 0.6 is 11.6 Å². The third-order valence-corrected chi connectivity index (χ3v) is 4.35. The van der Waals surface area contributed by atoms with Crippen molar-refractivity contribution >= 4 is 22.6 Å². The highest BCUT2D eigenvalue weighted by atomic mass is 35.5. The van der Waals surface area contributed by atoms with E-state index >= 15 is 0 Å². The molecule has 4 rings (SSSR count). The molecule has 0 saturated carbocycles. The van der Waals surface area contributed by atoms with Crippen molar-refractivity contribution in [1.82, 2.24) is 15.3 Å². The van der Waals surface area contributed by atoms with Gasteiger partial charge in [-0.3, -0.25) is 0 Å². The van der Waals surface area contributed by atoms with Gasteiger partial charge in [0.1, 0.15) is 5.82 Å². The molecule has 3 unspecified atom stereocenters. The molecular formula is C13H14ClN3.